The highest BCUT2D eigenvalue weighted by atomic mass is 35.5. The Morgan fingerprint density at radius 2 is 2.12 bits per heavy atom. The molecule has 3 aromatic rings. The smallest absolute Gasteiger partial charge is 0.319 e. The molecule has 3 rings (SSSR count). The first-order valence-corrected chi connectivity index (χ1v) is 7.70. The summed E-state index contributed by atoms with van der Waals surface area (Å²) in [6.45, 7) is 2.69. The van der Waals surface area contributed by atoms with Gasteiger partial charge in [-0.05, 0) is 24.6 Å². The Morgan fingerprint density at radius 1 is 1.33 bits per heavy atom. The summed E-state index contributed by atoms with van der Waals surface area (Å²) >= 11 is 5.86. The summed E-state index contributed by atoms with van der Waals surface area (Å²) in [6.07, 6.45) is 3.35. The monoisotopic (exact) mass is 345 g/mol. The topological polar surface area (TPSA) is 85.0 Å². The number of urea groups is 1. The average molecular weight is 346 g/mol. The molecule has 124 valence electrons. The maximum Gasteiger partial charge on any atom is 0.319 e. The molecule has 0 saturated carbocycles. The number of carbonyl (C=O) groups is 1. The molecular weight excluding hydrogens is 330 g/mol. The number of nitrogens with one attached hydrogen (secondary N) is 2. The van der Waals surface area contributed by atoms with Crippen molar-refractivity contribution in [3.8, 4) is 0 Å². The van der Waals surface area contributed by atoms with Crippen LogP contribution in [-0.4, -0.2) is 21.0 Å². The van der Waals surface area contributed by atoms with E-state index in [2.05, 4.69) is 20.9 Å². The van der Waals surface area contributed by atoms with Crippen LogP contribution in [0.1, 0.15) is 17.0 Å². The van der Waals surface area contributed by atoms with Gasteiger partial charge in [0.1, 0.15) is 11.5 Å². The van der Waals surface area contributed by atoms with Gasteiger partial charge in [-0.1, -0.05) is 28.9 Å². The molecule has 24 heavy (non-hydrogen) atoms. The SMILES string of the molecule is Cc1cc(CNC(=O)Nc2cnn(Cc3ccc(Cl)cc3)c2)no1. The van der Waals surface area contributed by atoms with Crippen molar-refractivity contribution >= 4 is 23.3 Å². The lowest BCUT2D eigenvalue weighted by Crippen LogP contribution is -2.28. The van der Waals surface area contributed by atoms with Gasteiger partial charge in [0, 0.05) is 17.3 Å². The van der Waals surface area contributed by atoms with E-state index in [1.807, 2.05) is 24.3 Å². The molecule has 2 aromatic heterocycles. The van der Waals surface area contributed by atoms with Crippen LogP contribution in [-0.2, 0) is 13.1 Å². The van der Waals surface area contributed by atoms with Gasteiger partial charge in [0.2, 0.25) is 0 Å². The van der Waals surface area contributed by atoms with Gasteiger partial charge in [-0.15, -0.1) is 0 Å². The molecule has 7 nitrogen and oxygen atoms in total. The molecule has 0 bridgehead atoms. The second kappa shape index (κ2) is 7.18. The maximum atomic E-state index is 11.9. The molecule has 0 unspecified atom stereocenters. The number of hydrogen-bond donors (Lipinski definition) is 2. The van der Waals surface area contributed by atoms with E-state index in [4.69, 9.17) is 16.1 Å². The lowest BCUT2D eigenvalue weighted by molar-refractivity contribution is 0.251. The fourth-order valence-electron chi connectivity index (χ4n) is 2.14. The van der Waals surface area contributed by atoms with Crippen LogP contribution >= 0.6 is 11.6 Å². The number of aromatic nitrogens is 3. The minimum absolute atomic E-state index is 0.294. The van der Waals surface area contributed by atoms with Crippen LogP contribution in [0.4, 0.5) is 10.5 Å². The van der Waals surface area contributed by atoms with Crippen molar-refractivity contribution in [2.24, 2.45) is 0 Å². The Balaban J connectivity index is 1.51. The Kier molecular flexibility index (Phi) is 4.81. The van der Waals surface area contributed by atoms with Gasteiger partial charge in [-0.25, -0.2) is 4.79 Å². The van der Waals surface area contributed by atoms with E-state index >= 15 is 0 Å². The maximum absolute atomic E-state index is 11.9. The second-order valence-corrected chi connectivity index (χ2v) is 5.73. The van der Waals surface area contributed by atoms with Crippen LogP contribution in [0.15, 0.2) is 47.2 Å². The number of aryl methyl sites for hydroxylation is 1. The number of amides is 2. The molecule has 0 saturated heterocycles. The molecule has 0 spiro atoms. The zero-order valence-electron chi connectivity index (χ0n) is 13.0. The lowest BCUT2D eigenvalue weighted by atomic mass is 10.2. The quantitative estimate of drug-likeness (QED) is 0.743. The summed E-state index contributed by atoms with van der Waals surface area (Å²) in [6, 6.07) is 8.97. The molecule has 0 fully saturated rings. The van der Waals surface area contributed by atoms with E-state index in [0.29, 0.717) is 35.3 Å². The largest absolute Gasteiger partial charge is 0.361 e. The molecule has 2 N–H and O–H groups in total. The van der Waals surface area contributed by atoms with Crippen LogP contribution in [0, 0.1) is 6.92 Å². The summed E-state index contributed by atoms with van der Waals surface area (Å²) in [4.78, 5) is 11.9. The summed E-state index contributed by atoms with van der Waals surface area (Å²) in [5, 5.41) is 14.1. The van der Waals surface area contributed by atoms with E-state index in [-0.39, 0.29) is 6.03 Å². The van der Waals surface area contributed by atoms with Crippen LogP contribution in [0.3, 0.4) is 0 Å². The predicted molar refractivity (Wildman–Crippen MR) is 89.9 cm³/mol. The average Bonchev–Trinajstić information content (AvgIpc) is 3.17. The number of nitrogens with zero attached hydrogens (tertiary/aromatic N) is 3. The van der Waals surface area contributed by atoms with E-state index in [0.717, 1.165) is 5.56 Å². The number of carbonyl (C=O) groups excluding carboxylic acids is 1. The van der Waals surface area contributed by atoms with Crippen molar-refractivity contribution in [3.05, 3.63) is 64.8 Å². The molecule has 8 heteroatoms. The molecule has 0 radical (unpaired) electrons. The first-order valence-electron chi connectivity index (χ1n) is 7.32. The number of anilines is 1. The highest BCUT2D eigenvalue weighted by Crippen LogP contribution is 2.12. The third-order valence-electron chi connectivity index (χ3n) is 3.26. The van der Waals surface area contributed by atoms with Gasteiger partial charge in [-0.2, -0.15) is 5.10 Å². The summed E-state index contributed by atoms with van der Waals surface area (Å²) in [5.74, 6) is 0.704. The summed E-state index contributed by atoms with van der Waals surface area (Å²) in [5.41, 5.74) is 2.35. The first kappa shape index (κ1) is 16.1. The van der Waals surface area contributed by atoms with Crippen LogP contribution in [0.5, 0.6) is 0 Å². The fraction of sp³-hybridized carbons (Fsp3) is 0.188. The van der Waals surface area contributed by atoms with Gasteiger partial charge in [0.25, 0.3) is 0 Å². The van der Waals surface area contributed by atoms with E-state index in [9.17, 15) is 4.79 Å². The van der Waals surface area contributed by atoms with Gasteiger partial charge >= 0.3 is 6.03 Å². The minimum Gasteiger partial charge on any atom is -0.361 e. The Morgan fingerprint density at radius 3 is 2.83 bits per heavy atom. The highest BCUT2D eigenvalue weighted by molar-refractivity contribution is 6.30. The van der Waals surface area contributed by atoms with Crippen molar-refractivity contribution in [2.45, 2.75) is 20.0 Å². The minimum atomic E-state index is -0.332. The molecule has 1 aromatic carbocycles. The predicted octanol–water partition coefficient (Wildman–Crippen LogP) is 3.20. The zero-order chi connectivity index (χ0) is 16.9. The van der Waals surface area contributed by atoms with Crippen LogP contribution in [0.2, 0.25) is 5.02 Å². The third-order valence-corrected chi connectivity index (χ3v) is 3.51. The van der Waals surface area contributed by atoms with Gasteiger partial charge in [-0.3, -0.25) is 4.68 Å². The Bertz CT molecular complexity index is 825. The van der Waals surface area contributed by atoms with E-state index < -0.39 is 0 Å². The van der Waals surface area contributed by atoms with Gasteiger partial charge in [0.15, 0.2) is 0 Å². The molecule has 2 heterocycles. The van der Waals surface area contributed by atoms with Crippen molar-refractivity contribution in [1.29, 1.82) is 0 Å². The fourth-order valence-corrected chi connectivity index (χ4v) is 2.26. The van der Waals surface area contributed by atoms with Crippen molar-refractivity contribution in [3.63, 3.8) is 0 Å². The molecule has 0 atom stereocenters. The Hall–Kier alpha value is -2.80. The van der Waals surface area contributed by atoms with Crippen LogP contribution in [0.25, 0.3) is 0 Å². The third kappa shape index (κ3) is 4.36. The number of rotatable bonds is 5. The highest BCUT2D eigenvalue weighted by Gasteiger charge is 2.06. The molecular formula is C16H16ClN5O2. The normalized spacial score (nSPS) is 10.6. The van der Waals surface area contributed by atoms with Gasteiger partial charge < -0.3 is 15.2 Å². The Labute approximate surface area is 143 Å². The van der Waals surface area contributed by atoms with Crippen molar-refractivity contribution < 1.29 is 9.32 Å². The number of hydrogen-bond acceptors (Lipinski definition) is 4. The molecule has 0 aliphatic carbocycles. The van der Waals surface area contributed by atoms with E-state index in [1.165, 1.54) is 0 Å². The van der Waals surface area contributed by atoms with E-state index in [1.54, 1.807) is 30.1 Å². The second-order valence-electron chi connectivity index (χ2n) is 5.29. The van der Waals surface area contributed by atoms with Crippen LogP contribution < -0.4 is 10.6 Å². The summed E-state index contributed by atoms with van der Waals surface area (Å²) < 4.78 is 6.67. The molecule has 2 amide bonds. The zero-order valence-corrected chi connectivity index (χ0v) is 13.7. The summed E-state index contributed by atoms with van der Waals surface area (Å²) in [7, 11) is 0. The molecule has 0 aliphatic heterocycles. The number of benzene rings is 1. The number of halogens is 1. The molecule has 0 aliphatic rings. The van der Waals surface area contributed by atoms with Gasteiger partial charge in [0.05, 0.1) is 25.0 Å². The standard InChI is InChI=1S/C16H16ClN5O2/c1-11-6-14(21-24-11)7-18-16(23)20-15-8-19-22(10-15)9-12-2-4-13(17)5-3-12/h2-6,8,10H,7,9H2,1H3,(H2,18,20,23). The lowest BCUT2D eigenvalue weighted by Gasteiger charge is -2.04. The van der Waals surface area contributed by atoms with Crippen molar-refractivity contribution in [1.82, 2.24) is 20.3 Å². The first-order chi connectivity index (χ1) is 11.6. The van der Waals surface area contributed by atoms with Crippen molar-refractivity contribution in [2.75, 3.05) is 5.32 Å².